The van der Waals surface area contributed by atoms with E-state index < -0.39 is 17.9 Å². The second-order valence-electron chi connectivity index (χ2n) is 9.53. The zero-order chi connectivity index (χ0) is 27.1. The van der Waals surface area contributed by atoms with E-state index in [1.807, 2.05) is 6.07 Å². The van der Waals surface area contributed by atoms with Crippen molar-refractivity contribution in [2.45, 2.75) is 57.9 Å². The first-order valence-electron chi connectivity index (χ1n) is 13.0. The highest BCUT2D eigenvalue weighted by atomic mass is 16.4. The van der Waals surface area contributed by atoms with Crippen molar-refractivity contribution in [1.82, 2.24) is 20.6 Å². The van der Waals surface area contributed by atoms with Crippen LogP contribution in [0.2, 0.25) is 0 Å². The van der Waals surface area contributed by atoms with Crippen molar-refractivity contribution >= 4 is 40.3 Å². The Morgan fingerprint density at radius 2 is 1.92 bits per heavy atom. The van der Waals surface area contributed by atoms with Crippen LogP contribution in [0.4, 0.5) is 5.82 Å². The molecule has 4 rings (SSSR count). The van der Waals surface area contributed by atoms with Crippen LogP contribution in [0.1, 0.15) is 71.1 Å². The lowest BCUT2D eigenvalue weighted by Crippen LogP contribution is -2.43. The van der Waals surface area contributed by atoms with Gasteiger partial charge in [0.25, 0.3) is 5.91 Å². The molecule has 38 heavy (non-hydrogen) atoms. The predicted octanol–water partition coefficient (Wildman–Crippen LogP) is 3.23. The Kier molecular flexibility index (Phi) is 8.73. The summed E-state index contributed by atoms with van der Waals surface area (Å²) in [5.74, 6) is -1.41. The largest absolute Gasteiger partial charge is 0.480 e. The Labute approximate surface area is 220 Å². The summed E-state index contributed by atoms with van der Waals surface area (Å²) >= 11 is 0. The predicted molar refractivity (Wildman–Crippen MR) is 143 cm³/mol. The lowest BCUT2D eigenvalue weighted by Gasteiger charge is -2.17. The fourth-order valence-electron chi connectivity index (χ4n) is 4.71. The average Bonchev–Trinajstić information content (AvgIpc) is 3.30. The molecule has 0 saturated carbocycles. The number of para-hydroxylation sites is 1. The van der Waals surface area contributed by atoms with Crippen LogP contribution in [-0.4, -0.2) is 57.8 Å². The number of Topliss-reactive ketones (excluding diaryl/α,β-unsaturated/α-hetero) is 1. The molecule has 200 valence electrons. The fourth-order valence-corrected chi connectivity index (χ4v) is 4.71. The van der Waals surface area contributed by atoms with Crippen LogP contribution in [0.25, 0.3) is 10.9 Å². The summed E-state index contributed by atoms with van der Waals surface area (Å²) in [6.45, 7) is 2.40. The van der Waals surface area contributed by atoms with Gasteiger partial charge in [-0.1, -0.05) is 24.3 Å². The highest BCUT2D eigenvalue weighted by molar-refractivity contribution is 6.15. The number of anilines is 1. The van der Waals surface area contributed by atoms with Gasteiger partial charge in [0.05, 0.1) is 5.56 Å². The number of carbonyl (C=O) groups is 4. The number of aromatic amines is 1. The van der Waals surface area contributed by atoms with Crippen molar-refractivity contribution in [3.8, 4) is 0 Å². The van der Waals surface area contributed by atoms with Crippen molar-refractivity contribution in [2.75, 3.05) is 18.4 Å². The Morgan fingerprint density at radius 1 is 1.11 bits per heavy atom. The number of fused-ring (bicyclic) bond motifs is 2. The number of carboxylic acids is 1. The third-order valence-corrected chi connectivity index (χ3v) is 6.68. The normalized spacial score (nSPS) is 13.3. The van der Waals surface area contributed by atoms with Crippen LogP contribution in [0.15, 0.2) is 36.4 Å². The molecule has 1 aromatic carbocycles. The van der Waals surface area contributed by atoms with E-state index in [4.69, 9.17) is 0 Å². The summed E-state index contributed by atoms with van der Waals surface area (Å²) in [7, 11) is 0. The number of hydrogen-bond acceptors (Lipinski definition) is 6. The molecule has 1 aliphatic rings. The highest BCUT2D eigenvalue weighted by Gasteiger charge is 2.25. The van der Waals surface area contributed by atoms with Crippen LogP contribution >= 0.6 is 0 Å². The number of carboxylic acid groups (broad SMARTS) is 1. The van der Waals surface area contributed by atoms with Gasteiger partial charge in [-0.25, -0.2) is 9.78 Å². The minimum atomic E-state index is -1.22. The van der Waals surface area contributed by atoms with Gasteiger partial charge in [0.1, 0.15) is 17.6 Å². The molecule has 0 spiro atoms. The molecule has 1 atom stereocenters. The van der Waals surface area contributed by atoms with Crippen molar-refractivity contribution in [2.24, 2.45) is 0 Å². The number of H-pyrrole nitrogens is 1. The quantitative estimate of drug-likeness (QED) is 0.182. The van der Waals surface area contributed by atoms with E-state index >= 15 is 0 Å². The van der Waals surface area contributed by atoms with Gasteiger partial charge in [-0.05, 0) is 63.1 Å². The van der Waals surface area contributed by atoms with E-state index in [1.165, 1.54) is 12.5 Å². The van der Waals surface area contributed by atoms with E-state index in [1.54, 1.807) is 24.3 Å². The molecule has 10 nitrogen and oxygen atoms in total. The van der Waals surface area contributed by atoms with Gasteiger partial charge in [-0.2, -0.15) is 0 Å². The van der Waals surface area contributed by atoms with Crippen LogP contribution in [0.5, 0.6) is 0 Å². The second-order valence-corrected chi connectivity index (χ2v) is 9.53. The maximum absolute atomic E-state index is 12.9. The molecule has 1 unspecified atom stereocenters. The molecule has 5 N–H and O–H groups in total. The van der Waals surface area contributed by atoms with E-state index in [9.17, 15) is 24.3 Å². The maximum atomic E-state index is 12.9. The van der Waals surface area contributed by atoms with Crippen molar-refractivity contribution in [3.63, 3.8) is 0 Å². The molecule has 2 amide bonds. The molecule has 0 bridgehead atoms. The van der Waals surface area contributed by atoms with E-state index in [0.29, 0.717) is 23.7 Å². The highest BCUT2D eigenvalue weighted by Crippen LogP contribution is 2.23. The number of aromatic nitrogens is 2. The third kappa shape index (κ3) is 6.56. The van der Waals surface area contributed by atoms with Crippen LogP contribution < -0.4 is 16.0 Å². The molecule has 0 aliphatic carbocycles. The topological polar surface area (TPSA) is 153 Å². The van der Waals surface area contributed by atoms with Crippen molar-refractivity contribution < 1.29 is 24.3 Å². The number of amides is 2. The van der Waals surface area contributed by atoms with Gasteiger partial charge in [-0.3, -0.25) is 14.4 Å². The number of aliphatic carboxylic acids is 1. The Balaban J connectivity index is 1.22. The molecule has 10 heteroatoms. The SMILES string of the molecule is CC(=O)c1c(C(=O)NC(CCNC(=O)CCCCc2ccc3c(n2)NCCC3)C(=O)O)[nH]c2ccccc12. The van der Waals surface area contributed by atoms with Crippen LogP contribution in [0.3, 0.4) is 0 Å². The first-order chi connectivity index (χ1) is 18.3. The number of nitrogens with zero attached hydrogens (tertiary/aromatic N) is 1. The summed E-state index contributed by atoms with van der Waals surface area (Å²) in [6, 6.07) is 9.94. The molecule has 0 fully saturated rings. The summed E-state index contributed by atoms with van der Waals surface area (Å²) in [4.78, 5) is 56.6. The van der Waals surface area contributed by atoms with E-state index in [2.05, 4.69) is 32.0 Å². The lowest BCUT2D eigenvalue weighted by atomic mass is 10.1. The Hall–Kier alpha value is -4.21. The Bertz CT molecular complexity index is 1350. The lowest BCUT2D eigenvalue weighted by molar-refractivity contribution is -0.139. The number of benzene rings is 1. The number of nitrogens with one attached hydrogen (secondary N) is 4. The van der Waals surface area contributed by atoms with Gasteiger partial charge >= 0.3 is 5.97 Å². The molecule has 2 aromatic heterocycles. The number of pyridine rings is 1. The standard InChI is InChI=1S/C28H33N5O5/c1-17(34)24-20-9-3-4-10-21(20)32-25(24)27(36)33-22(28(37)38)14-16-29-23(35)11-5-2-8-19-13-12-18-7-6-15-30-26(18)31-19/h3-4,9-10,12-13,22,32H,2,5-8,11,14-16H2,1H3,(H,29,35)(H,30,31)(H,33,36)(H,37,38). The van der Waals surface area contributed by atoms with Crippen LogP contribution in [-0.2, 0) is 22.4 Å². The summed E-state index contributed by atoms with van der Waals surface area (Å²) < 4.78 is 0. The zero-order valence-corrected chi connectivity index (χ0v) is 21.4. The number of ketones is 1. The number of aryl methyl sites for hydroxylation is 2. The molecule has 1 aliphatic heterocycles. The van der Waals surface area contributed by atoms with Gasteiger partial charge in [0, 0.05) is 36.1 Å². The van der Waals surface area contributed by atoms with E-state index in [0.717, 1.165) is 43.7 Å². The monoisotopic (exact) mass is 519 g/mol. The molecule has 0 saturated heterocycles. The number of rotatable bonds is 12. The Morgan fingerprint density at radius 3 is 2.71 bits per heavy atom. The summed E-state index contributed by atoms with van der Waals surface area (Å²) in [6.07, 6.45) is 4.78. The molecule has 3 aromatic rings. The van der Waals surface area contributed by atoms with Gasteiger partial charge in [0.15, 0.2) is 5.78 Å². The second kappa shape index (κ2) is 12.4. The maximum Gasteiger partial charge on any atom is 0.326 e. The van der Waals surface area contributed by atoms with Gasteiger partial charge < -0.3 is 26.0 Å². The van der Waals surface area contributed by atoms with Gasteiger partial charge in [-0.15, -0.1) is 0 Å². The first kappa shape index (κ1) is 26.8. The summed E-state index contributed by atoms with van der Waals surface area (Å²) in [5, 5.41) is 18.7. The van der Waals surface area contributed by atoms with E-state index in [-0.39, 0.29) is 35.9 Å². The molecular weight excluding hydrogens is 486 g/mol. The van der Waals surface area contributed by atoms with Crippen molar-refractivity contribution in [1.29, 1.82) is 0 Å². The third-order valence-electron chi connectivity index (χ3n) is 6.68. The smallest absolute Gasteiger partial charge is 0.326 e. The van der Waals surface area contributed by atoms with Gasteiger partial charge in [0.2, 0.25) is 5.91 Å². The summed E-state index contributed by atoms with van der Waals surface area (Å²) in [5.41, 5.74) is 3.11. The molecule has 3 heterocycles. The molecule has 0 radical (unpaired) electrons. The fraction of sp³-hybridized carbons (Fsp3) is 0.393. The molecular formula is C28H33N5O5. The minimum absolute atomic E-state index is 0.00842. The first-order valence-corrected chi connectivity index (χ1v) is 13.0. The number of hydrogen-bond donors (Lipinski definition) is 5. The number of carbonyl (C=O) groups excluding carboxylic acids is 3. The minimum Gasteiger partial charge on any atom is -0.480 e. The van der Waals surface area contributed by atoms with Crippen molar-refractivity contribution in [3.05, 3.63) is 58.9 Å². The zero-order valence-electron chi connectivity index (χ0n) is 21.4. The number of unbranched alkanes of at least 4 members (excludes halogenated alkanes) is 1. The average molecular weight is 520 g/mol. The van der Waals surface area contributed by atoms with Crippen LogP contribution in [0, 0.1) is 0 Å².